The van der Waals surface area contributed by atoms with Crippen molar-refractivity contribution >= 4 is 11.6 Å². The summed E-state index contributed by atoms with van der Waals surface area (Å²) in [7, 11) is 0. The highest BCUT2D eigenvalue weighted by molar-refractivity contribution is 6.30. The first-order valence-electron chi connectivity index (χ1n) is 5.91. The average molecular weight is 230 g/mol. The van der Waals surface area contributed by atoms with Crippen molar-refractivity contribution in [1.82, 2.24) is 0 Å². The molecule has 0 aliphatic heterocycles. The van der Waals surface area contributed by atoms with E-state index in [2.05, 4.69) is 0 Å². The minimum absolute atomic E-state index is 0.0267. The number of carbonyl (C=O) groups is 2. The van der Waals surface area contributed by atoms with Crippen molar-refractivity contribution in [2.75, 3.05) is 0 Å². The van der Waals surface area contributed by atoms with Crippen LogP contribution in [0.15, 0.2) is 0 Å². The van der Waals surface area contributed by atoms with Crippen molar-refractivity contribution in [1.29, 1.82) is 0 Å². The molecule has 0 unspecified atom stereocenters. The molecule has 0 heterocycles. The molecule has 0 N–H and O–H groups in total. The summed E-state index contributed by atoms with van der Waals surface area (Å²) in [5.74, 6) is -0.0533. The molecule has 2 nitrogen and oxygen atoms in total. The topological polar surface area (TPSA) is 34.1 Å². The minimum Gasteiger partial charge on any atom is -0.293 e. The summed E-state index contributed by atoms with van der Waals surface area (Å²) in [4.78, 5) is 24.7. The molecule has 17 heavy (non-hydrogen) atoms. The monoisotopic (exact) mass is 230 g/mol. The Morgan fingerprint density at radius 3 is 1.24 bits per heavy atom. The maximum absolute atomic E-state index is 12.3. The Hall–Kier alpha value is -1.44. The maximum Gasteiger partial charge on any atom is 0.177 e. The number of Topliss-reactive ketones (excluding diaryl/α,β-unsaturated/α-hetero) is 2. The molecular formula is C15H18O2. The van der Waals surface area contributed by atoms with Gasteiger partial charge in [0, 0.05) is 11.1 Å². The van der Waals surface area contributed by atoms with Gasteiger partial charge in [0.2, 0.25) is 0 Å². The van der Waals surface area contributed by atoms with Gasteiger partial charge in [-0.1, -0.05) is 0 Å². The Balaban J connectivity index is 2.94. The molecule has 1 aromatic carbocycles. The fraction of sp³-hybridized carbons (Fsp3) is 0.467. The Morgan fingerprint density at radius 2 is 0.941 bits per heavy atom. The number of hydrogen-bond donors (Lipinski definition) is 0. The number of benzene rings is 1. The molecule has 0 atom stereocenters. The van der Waals surface area contributed by atoms with Gasteiger partial charge in [-0.05, 0) is 63.8 Å². The Labute approximate surface area is 102 Å². The van der Waals surface area contributed by atoms with Crippen molar-refractivity contribution in [3.05, 3.63) is 33.4 Å². The number of fused-ring (bicyclic) bond motifs is 1. The molecule has 0 saturated heterocycles. The van der Waals surface area contributed by atoms with Crippen molar-refractivity contribution in [3.8, 4) is 0 Å². The van der Waals surface area contributed by atoms with Gasteiger partial charge in [-0.15, -0.1) is 0 Å². The van der Waals surface area contributed by atoms with Crippen molar-refractivity contribution in [3.63, 3.8) is 0 Å². The molecule has 1 aromatic rings. The predicted octanol–water partition coefficient (Wildman–Crippen LogP) is 3.33. The summed E-state index contributed by atoms with van der Waals surface area (Å²) in [5.41, 5.74) is 4.60. The first kappa shape index (κ1) is 12.0. The lowest BCUT2D eigenvalue weighted by atomic mass is 9.87. The lowest BCUT2D eigenvalue weighted by Gasteiger charge is -2.13. The maximum atomic E-state index is 12.3. The van der Waals surface area contributed by atoms with E-state index in [-0.39, 0.29) is 11.6 Å². The minimum atomic E-state index is -0.891. The normalized spacial score (nSPS) is 17.5. The summed E-state index contributed by atoms with van der Waals surface area (Å²) in [6, 6.07) is 0. The zero-order chi connectivity index (χ0) is 13.1. The van der Waals surface area contributed by atoms with Crippen molar-refractivity contribution < 1.29 is 9.59 Å². The largest absolute Gasteiger partial charge is 0.293 e. The van der Waals surface area contributed by atoms with Crippen LogP contribution >= 0.6 is 0 Å². The Bertz CT molecular complexity index is 514. The van der Waals surface area contributed by atoms with E-state index in [1.807, 2.05) is 27.7 Å². The van der Waals surface area contributed by atoms with E-state index in [1.54, 1.807) is 13.8 Å². The van der Waals surface area contributed by atoms with Crippen LogP contribution in [-0.2, 0) is 0 Å². The molecule has 1 aliphatic rings. The van der Waals surface area contributed by atoms with Gasteiger partial charge in [0.15, 0.2) is 11.6 Å². The lowest BCUT2D eigenvalue weighted by molar-refractivity contribution is 0.0746. The van der Waals surface area contributed by atoms with Crippen LogP contribution in [0.5, 0.6) is 0 Å². The number of ketones is 2. The summed E-state index contributed by atoms with van der Waals surface area (Å²) in [5, 5.41) is 0. The van der Waals surface area contributed by atoms with Gasteiger partial charge < -0.3 is 0 Å². The zero-order valence-corrected chi connectivity index (χ0v) is 11.3. The molecule has 2 heteroatoms. The van der Waals surface area contributed by atoms with Gasteiger partial charge in [0.25, 0.3) is 0 Å². The van der Waals surface area contributed by atoms with E-state index in [1.165, 1.54) is 0 Å². The molecule has 90 valence electrons. The van der Waals surface area contributed by atoms with Crippen molar-refractivity contribution in [2.24, 2.45) is 5.41 Å². The summed E-state index contributed by atoms with van der Waals surface area (Å²) in [6.45, 7) is 11.4. The molecule has 0 radical (unpaired) electrons. The quantitative estimate of drug-likeness (QED) is 0.641. The third-order valence-electron chi connectivity index (χ3n) is 4.28. The molecule has 0 fully saturated rings. The third kappa shape index (κ3) is 1.27. The van der Waals surface area contributed by atoms with E-state index in [9.17, 15) is 9.59 Å². The van der Waals surface area contributed by atoms with Crippen LogP contribution in [0.2, 0.25) is 0 Å². The van der Waals surface area contributed by atoms with Crippen LogP contribution in [-0.4, -0.2) is 11.6 Å². The number of hydrogen-bond acceptors (Lipinski definition) is 2. The Kier molecular flexibility index (Phi) is 2.32. The van der Waals surface area contributed by atoms with Crippen LogP contribution in [0.1, 0.15) is 56.8 Å². The molecule has 0 saturated carbocycles. The predicted molar refractivity (Wildman–Crippen MR) is 67.8 cm³/mol. The van der Waals surface area contributed by atoms with E-state index in [4.69, 9.17) is 0 Å². The standard InChI is InChI=1S/C15H18O2/c1-7-8(2)10(4)12-11(9(7)3)13(16)15(5,6)14(12)17/h1-6H3. The van der Waals surface area contributed by atoms with Gasteiger partial charge in [0.05, 0.1) is 5.41 Å². The highest BCUT2D eigenvalue weighted by atomic mass is 16.2. The fourth-order valence-electron chi connectivity index (χ4n) is 2.61. The van der Waals surface area contributed by atoms with E-state index in [0.29, 0.717) is 11.1 Å². The smallest absolute Gasteiger partial charge is 0.177 e. The van der Waals surface area contributed by atoms with E-state index < -0.39 is 5.41 Å². The fourth-order valence-corrected chi connectivity index (χ4v) is 2.61. The van der Waals surface area contributed by atoms with E-state index in [0.717, 1.165) is 22.3 Å². The first-order chi connectivity index (χ1) is 7.71. The lowest BCUT2D eigenvalue weighted by Crippen LogP contribution is -2.25. The molecule has 2 rings (SSSR count). The second-order valence-corrected chi connectivity index (χ2v) is 5.53. The number of rotatable bonds is 0. The zero-order valence-electron chi connectivity index (χ0n) is 11.3. The van der Waals surface area contributed by atoms with Crippen LogP contribution in [0.25, 0.3) is 0 Å². The molecule has 0 spiro atoms. The first-order valence-corrected chi connectivity index (χ1v) is 5.91. The second-order valence-electron chi connectivity index (χ2n) is 5.53. The highest BCUT2D eigenvalue weighted by Gasteiger charge is 2.47. The van der Waals surface area contributed by atoms with Crippen molar-refractivity contribution in [2.45, 2.75) is 41.5 Å². The van der Waals surface area contributed by atoms with E-state index >= 15 is 0 Å². The van der Waals surface area contributed by atoms with Crippen LogP contribution in [0.3, 0.4) is 0 Å². The summed E-state index contributed by atoms with van der Waals surface area (Å²) >= 11 is 0. The van der Waals surface area contributed by atoms with Crippen LogP contribution in [0.4, 0.5) is 0 Å². The summed E-state index contributed by atoms with van der Waals surface area (Å²) < 4.78 is 0. The molecular weight excluding hydrogens is 212 g/mol. The highest BCUT2D eigenvalue weighted by Crippen LogP contribution is 2.41. The molecule has 1 aliphatic carbocycles. The van der Waals surface area contributed by atoms with Crippen LogP contribution in [0, 0.1) is 33.1 Å². The van der Waals surface area contributed by atoms with Crippen LogP contribution < -0.4 is 0 Å². The van der Waals surface area contributed by atoms with Gasteiger partial charge in [-0.3, -0.25) is 9.59 Å². The van der Waals surface area contributed by atoms with Gasteiger partial charge in [0.1, 0.15) is 0 Å². The molecule has 0 aromatic heterocycles. The van der Waals surface area contributed by atoms with Gasteiger partial charge in [-0.2, -0.15) is 0 Å². The van der Waals surface area contributed by atoms with Gasteiger partial charge in [-0.25, -0.2) is 0 Å². The second kappa shape index (κ2) is 3.28. The third-order valence-corrected chi connectivity index (χ3v) is 4.28. The average Bonchev–Trinajstić information content (AvgIpc) is 2.45. The number of carbonyl (C=O) groups excluding carboxylic acids is 2. The molecule has 0 amide bonds. The molecule has 0 bridgehead atoms. The summed E-state index contributed by atoms with van der Waals surface area (Å²) in [6.07, 6.45) is 0. The Morgan fingerprint density at radius 1 is 0.647 bits per heavy atom. The SMILES string of the molecule is Cc1c(C)c(C)c2c(c1C)C(=O)C(C)(C)C2=O. The van der Waals surface area contributed by atoms with Gasteiger partial charge >= 0.3 is 0 Å².